The first-order valence-corrected chi connectivity index (χ1v) is 14.1. The van der Waals surface area contributed by atoms with Crippen LogP contribution in [0.2, 0.25) is 0 Å². The van der Waals surface area contributed by atoms with E-state index in [1.807, 2.05) is 0 Å². The number of carbonyl (C=O) groups is 4. The lowest BCUT2D eigenvalue weighted by Crippen LogP contribution is -2.52. The first-order chi connectivity index (χ1) is 20.5. The molecule has 2 atom stereocenters. The van der Waals surface area contributed by atoms with Crippen LogP contribution >= 0.6 is 0 Å². The molecule has 0 fully saturated rings. The molecule has 0 N–H and O–H groups in total. The molecule has 7 heteroatoms. The zero-order valence-corrected chi connectivity index (χ0v) is 24.3. The second kappa shape index (κ2) is 11.8. The number of halogens is 1. The van der Waals surface area contributed by atoms with Crippen LogP contribution < -0.4 is 4.90 Å². The number of fused-ring (bicyclic) bond motifs is 1. The van der Waals surface area contributed by atoms with Crippen molar-refractivity contribution >= 4 is 29.3 Å². The Morgan fingerprint density at radius 3 is 1.95 bits per heavy atom. The number of amides is 2. The predicted molar refractivity (Wildman–Crippen MR) is 162 cm³/mol. The Morgan fingerprint density at radius 2 is 1.35 bits per heavy atom. The highest BCUT2D eigenvalue weighted by Gasteiger charge is 2.60. The summed E-state index contributed by atoms with van der Waals surface area (Å²) in [6.07, 6.45) is -1.25. The molecule has 5 rings (SSSR count). The third kappa shape index (κ3) is 5.89. The van der Waals surface area contributed by atoms with Gasteiger partial charge in [-0.15, -0.1) is 0 Å². The van der Waals surface area contributed by atoms with E-state index >= 15 is 0 Å². The Labute approximate surface area is 250 Å². The topological polar surface area (TPSA) is 80.8 Å². The third-order valence-electron chi connectivity index (χ3n) is 7.64. The summed E-state index contributed by atoms with van der Waals surface area (Å²) in [5.41, 5.74) is -0.610. The molecule has 218 valence electrons. The van der Waals surface area contributed by atoms with Crippen molar-refractivity contribution in [2.24, 2.45) is 5.92 Å². The fourth-order valence-corrected chi connectivity index (χ4v) is 5.74. The molecule has 43 heavy (non-hydrogen) atoms. The summed E-state index contributed by atoms with van der Waals surface area (Å²) in [5.74, 6) is -3.09. The molecule has 0 aromatic heterocycles. The number of carbonyl (C=O) groups excluding carboxylic acids is 4. The van der Waals surface area contributed by atoms with Gasteiger partial charge in [0.15, 0.2) is 11.6 Å². The lowest BCUT2D eigenvalue weighted by molar-refractivity contribution is -0.124. The molecule has 1 heterocycles. The Kier molecular flexibility index (Phi) is 8.09. The molecule has 0 spiro atoms. The minimum absolute atomic E-state index is 0.0618. The summed E-state index contributed by atoms with van der Waals surface area (Å²) in [4.78, 5) is 57.7. The molecule has 6 nitrogen and oxygen atoms in total. The highest BCUT2D eigenvalue weighted by molar-refractivity contribution is 6.23. The van der Waals surface area contributed by atoms with Gasteiger partial charge in [-0.05, 0) is 56.5 Å². The molecule has 1 aliphatic rings. The van der Waals surface area contributed by atoms with Crippen LogP contribution in [-0.2, 0) is 21.4 Å². The van der Waals surface area contributed by atoms with Crippen molar-refractivity contribution < 1.29 is 28.3 Å². The average molecular weight is 578 g/mol. The van der Waals surface area contributed by atoms with Gasteiger partial charge in [0.2, 0.25) is 5.91 Å². The Morgan fingerprint density at radius 1 is 0.791 bits per heavy atom. The van der Waals surface area contributed by atoms with E-state index < -0.39 is 40.5 Å². The largest absolute Gasteiger partial charge is 0.443 e. The van der Waals surface area contributed by atoms with Crippen LogP contribution in [0.5, 0.6) is 0 Å². The molecular formula is C36H32FNO5. The molecule has 2 amide bonds. The number of anilines is 1. The maximum atomic E-state index is 14.9. The smallest absolute Gasteiger partial charge is 0.421 e. The second-order valence-electron chi connectivity index (χ2n) is 11.7. The van der Waals surface area contributed by atoms with Crippen molar-refractivity contribution in [3.05, 3.63) is 137 Å². The minimum Gasteiger partial charge on any atom is -0.443 e. The van der Waals surface area contributed by atoms with Gasteiger partial charge in [0.05, 0.1) is 11.1 Å². The third-order valence-corrected chi connectivity index (χ3v) is 7.64. The van der Waals surface area contributed by atoms with E-state index in [0.717, 1.165) is 4.90 Å². The van der Waals surface area contributed by atoms with Gasteiger partial charge in [-0.25, -0.2) is 14.1 Å². The number of hydrogen-bond donors (Lipinski definition) is 0. The number of nitrogens with zero attached hydrogens (tertiary/aromatic N) is 1. The first-order valence-electron chi connectivity index (χ1n) is 14.1. The van der Waals surface area contributed by atoms with Crippen LogP contribution in [0.25, 0.3) is 0 Å². The number of ketones is 2. The summed E-state index contributed by atoms with van der Waals surface area (Å²) in [5, 5.41) is 0. The predicted octanol–water partition coefficient (Wildman–Crippen LogP) is 7.36. The molecule has 0 aliphatic carbocycles. The number of hydrogen-bond acceptors (Lipinski definition) is 5. The minimum atomic E-state index is -1.69. The van der Waals surface area contributed by atoms with Crippen LogP contribution in [0.1, 0.15) is 59.0 Å². The summed E-state index contributed by atoms with van der Waals surface area (Å²) in [7, 11) is 0. The molecule has 0 saturated carbocycles. The maximum Gasteiger partial charge on any atom is 0.421 e. The molecule has 0 radical (unpaired) electrons. The molecule has 1 aliphatic heterocycles. The number of benzene rings is 4. The van der Waals surface area contributed by atoms with E-state index in [1.165, 1.54) is 12.1 Å². The Hall–Kier alpha value is -4.91. The van der Waals surface area contributed by atoms with Gasteiger partial charge in [-0.3, -0.25) is 14.4 Å². The zero-order valence-electron chi connectivity index (χ0n) is 24.3. The van der Waals surface area contributed by atoms with Crippen molar-refractivity contribution in [3.8, 4) is 0 Å². The lowest BCUT2D eigenvalue weighted by atomic mass is 9.63. The van der Waals surface area contributed by atoms with Crippen molar-refractivity contribution in [2.75, 3.05) is 4.90 Å². The average Bonchev–Trinajstić information content (AvgIpc) is 3.24. The van der Waals surface area contributed by atoms with Crippen LogP contribution in [0.15, 0.2) is 109 Å². The SMILES string of the molecule is CC(C)(C)OC(=O)N1C(=O)[C@](Cc2ccc(F)cc2)([C@H](CC(=O)c2ccccc2)C(=O)c2ccccc2)c2ccccc21. The molecule has 4 aromatic carbocycles. The number of imide groups is 1. The summed E-state index contributed by atoms with van der Waals surface area (Å²) < 4.78 is 19.6. The van der Waals surface area contributed by atoms with Crippen molar-refractivity contribution in [1.82, 2.24) is 0 Å². The second-order valence-corrected chi connectivity index (χ2v) is 11.7. The van der Waals surface area contributed by atoms with Crippen molar-refractivity contribution in [3.63, 3.8) is 0 Å². The van der Waals surface area contributed by atoms with Crippen LogP contribution in [-0.4, -0.2) is 29.2 Å². The van der Waals surface area contributed by atoms with E-state index in [1.54, 1.807) is 118 Å². The van der Waals surface area contributed by atoms with Gasteiger partial charge < -0.3 is 4.74 Å². The van der Waals surface area contributed by atoms with Crippen LogP contribution in [0.4, 0.5) is 14.9 Å². The summed E-state index contributed by atoms with van der Waals surface area (Å²) in [6.45, 7) is 5.09. The van der Waals surface area contributed by atoms with Crippen molar-refractivity contribution in [2.45, 2.75) is 44.6 Å². The highest BCUT2D eigenvalue weighted by atomic mass is 19.1. The number of rotatable bonds is 8. The molecule has 0 unspecified atom stereocenters. The van der Waals surface area contributed by atoms with Gasteiger partial charge in [0.25, 0.3) is 0 Å². The summed E-state index contributed by atoms with van der Waals surface area (Å²) >= 11 is 0. The van der Waals surface area contributed by atoms with Gasteiger partial charge in [0, 0.05) is 23.5 Å². The molecule has 0 saturated heterocycles. The van der Waals surface area contributed by atoms with Gasteiger partial charge in [0.1, 0.15) is 11.4 Å². The summed E-state index contributed by atoms with van der Waals surface area (Å²) in [6, 6.07) is 29.5. The lowest BCUT2D eigenvalue weighted by Gasteiger charge is -2.36. The molecule has 0 bridgehead atoms. The molecular weight excluding hydrogens is 545 g/mol. The maximum absolute atomic E-state index is 14.9. The van der Waals surface area contributed by atoms with E-state index in [-0.39, 0.29) is 24.3 Å². The van der Waals surface area contributed by atoms with E-state index in [0.29, 0.717) is 22.3 Å². The number of para-hydroxylation sites is 1. The zero-order chi connectivity index (χ0) is 30.8. The fourth-order valence-electron chi connectivity index (χ4n) is 5.74. The Balaban J connectivity index is 1.75. The fraction of sp³-hybridized carbons (Fsp3) is 0.222. The highest BCUT2D eigenvalue weighted by Crippen LogP contribution is 2.51. The Bertz CT molecular complexity index is 1660. The van der Waals surface area contributed by atoms with E-state index in [2.05, 4.69) is 0 Å². The quantitative estimate of drug-likeness (QED) is 0.205. The van der Waals surface area contributed by atoms with Crippen LogP contribution in [0, 0.1) is 11.7 Å². The van der Waals surface area contributed by atoms with Crippen molar-refractivity contribution in [1.29, 1.82) is 0 Å². The van der Waals surface area contributed by atoms with Gasteiger partial charge >= 0.3 is 6.09 Å². The normalized spacial score (nSPS) is 16.8. The monoisotopic (exact) mass is 577 g/mol. The number of ether oxygens (including phenoxy) is 1. The first kappa shape index (κ1) is 29.6. The number of Topliss-reactive ketones (excluding diaryl/α,β-unsaturated/α-hetero) is 2. The van der Waals surface area contributed by atoms with E-state index in [9.17, 15) is 23.6 Å². The van der Waals surface area contributed by atoms with E-state index in [4.69, 9.17) is 4.74 Å². The van der Waals surface area contributed by atoms with Gasteiger partial charge in [-0.1, -0.05) is 91.0 Å². The standard InChI is InChI=1S/C36H32FNO5/c1-35(2,3)43-34(42)38-30-17-11-10-16-28(30)36(33(38)41,23-24-18-20-27(37)21-19-24)29(32(40)26-14-8-5-9-15-26)22-31(39)25-12-6-4-7-13-25/h4-21,29H,22-23H2,1-3H3/t29-,36+/m1/s1. The van der Waals surface area contributed by atoms with Gasteiger partial charge in [-0.2, -0.15) is 0 Å². The van der Waals surface area contributed by atoms with Crippen LogP contribution in [0.3, 0.4) is 0 Å². The molecule has 4 aromatic rings.